The van der Waals surface area contributed by atoms with Crippen LogP contribution in [0.5, 0.6) is 11.5 Å². The average molecular weight is 391 g/mol. The molecule has 1 aliphatic heterocycles. The summed E-state index contributed by atoms with van der Waals surface area (Å²) in [5, 5.41) is 0.203. The summed E-state index contributed by atoms with van der Waals surface area (Å²) in [6.07, 6.45) is 0. The van der Waals surface area contributed by atoms with Crippen molar-refractivity contribution in [3.05, 3.63) is 59.7 Å². The van der Waals surface area contributed by atoms with Crippen molar-refractivity contribution >= 4 is 50.6 Å². The Bertz CT molecular complexity index is 817. The summed E-state index contributed by atoms with van der Waals surface area (Å²) in [5.41, 5.74) is 1.30. The summed E-state index contributed by atoms with van der Waals surface area (Å²) in [7, 11) is 3.50. The van der Waals surface area contributed by atoms with E-state index in [4.69, 9.17) is 21.7 Å². The Kier molecular flexibility index (Phi) is 5.78. The molecule has 7 heteroatoms. The number of carbonyl (C=O) groups excluding carboxylic acids is 2. The summed E-state index contributed by atoms with van der Waals surface area (Å²) >= 11 is 5.37. The van der Waals surface area contributed by atoms with Crippen molar-refractivity contribution in [3.63, 3.8) is 0 Å². The van der Waals surface area contributed by atoms with Gasteiger partial charge in [0.05, 0.1) is 5.25 Å². The van der Waals surface area contributed by atoms with Crippen LogP contribution in [0.15, 0.2) is 48.5 Å². The number of para-hydroxylation sites is 1. The first-order chi connectivity index (χ1) is 12.0. The lowest BCUT2D eigenvalue weighted by Crippen LogP contribution is -2.12. The van der Waals surface area contributed by atoms with E-state index in [0.29, 0.717) is 5.75 Å². The lowest BCUT2D eigenvalue weighted by Gasteiger charge is -2.11. The van der Waals surface area contributed by atoms with E-state index in [1.54, 1.807) is 58.0 Å². The van der Waals surface area contributed by atoms with Crippen molar-refractivity contribution in [2.75, 3.05) is 5.75 Å². The zero-order valence-electron chi connectivity index (χ0n) is 13.3. The molecule has 1 atom stereocenters. The maximum Gasteiger partial charge on any atom is 0.347 e. The zero-order valence-corrected chi connectivity index (χ0v) is 15.7. The van der Waals surface area contributed by atoms with Crippen molar-refractivity contribution in [2.45, 2.75) is 12.2 Å². The molecule has 2 aromatic carbocycles. The van der Waals surface area contributed by atoms with Crippen LogP contribution in [0.1, 0.15) is 28.1 Å². The Morgan fingerprint density at radius 2 is 1.80 bits per heavy atom. The summed E-state index contributed by atoms with van der Waals surface area (Å²) < 4.78 is 10.4. The minimum atomic E-state index is -0.578. The molecule has 2 aromatic rings. The van der Waals surface area contributed by atoms with E-state index in [9.17, 15) is 9.59 Å². The highest BCUT2D eigenvalue weighted by Crippen LogP contribution is 2.46. The third kappa shape index (κ3) is 4.42. The van der Waals surface area contributed by atoms with Gasteiger partial charge in [-0.15, -0.1) is 0 Å². The molecule has 128 valence electrons. The van der Waals surface area contributed by atoms with Gasteiger partial charge in [-0.25, -0.2) is 4.79 Å². The first kappa shape index (κ1) is 18.0. The van der Waals surface area contributed by atoms with Gasteiger partial charge in [0, 0.05) is 17.5 Å². The molecule has 3 rings (SSSR count). The quantitative estimate of drug-likeness (QED) is 0.326. The van der Waals surface area contributed by atoms with E-state index in [0.717, 1.165) is 16.2 Å². The largest absolute Gasteiger partial charge is 0.426 e. The topological polar surface area (TPSA) is 52.6 Å². The second-order valence-corrected chi connectivity index (χ2v) is 8.25. The Balaban J connectivity index is 1.73. The molecule has 0 aliphatic carbocycles. The fourth-order valence-corrected chi connectivity index (χ4v) is 5.87. The zero-order chi connectivity index (χ0) is 17.8. The van der Waals surface area contributed by atoms with Crippen LogP contribution in [0.25, 0.3) is 0 Å². The number of benzene rings is 2. The van der Waals surface area contributed by atoms with Gasteiger partial charge in [0.25, 0.3) is 0 Å². The lowest BCUT2D eigenvalue weighted by molar-refractivity contribution is -0.131. The monoisotopic (exact) mass is 390 g/mol. The van der Waals surface area contributed by atoms with Gasteiger partial charge >= 0.3 is 11.9 Å². The van der Waals surface area contributed by atoms with Crippen LogP contribution in [-0.4, -0.2) is 22.6 Å². The molecule has 1 heterocycles. The van der Waals surface area contributed by atoms with Gasteiger partial charge < -0.3 is 9.47 Å². The van der Waals surface area contributed by atoms with Crippen molar-refractivity contribution in [3.8, 4) is 11.5 Å². The normalized spacial score (nSPS) is 16.5. The molecule has 1 fully saturated rings. The molecule has 0 N–H and O–H groups in total. The second kappa shape index (κ2) is 8.03. The van der Waals surface area contributed by atoms with Crippen LogP contribution in [0, 0.1) is 0 Å². The third-order valence-electron chi connectivity index (χ3n) is 3.41. The first-order valence-corrected chi connectivity index (χ1v) is 10.2. The smallest absolute Gasteiger partial charge is 0.347 e. The van der Waals surface area contributed by atoms with Crippen molar-refractivity contribution in [2.24, 2.45) is 0 Å². The Labute approximate surface area is 158 Å². The molecule has 0 saturated carbocycles. The molecule has 0 spiro atoms. The maximum atomic E-state index is 12.4. The summed E-state index contributed by atoms with van der Waals surface area (Å²) in [5.74, 6) is 0.418. The minimum Gasteiger partial charge on any atom is -0.426 e. The second-order valence-electron chi connectivity index (χ2n) is 5.25. The van der Waals surface area contributed by atoms with Crippen LogP contribution >= 0.6 is 33.8 Å². The number of rotatable bonds is 4. The van der Waals surface area contributed by atoms with E-state index in [1.807, 2.05) is 12.1 Å². The van der Waals surface area contributed by atoms with Crippen LogP contribution in [0.2, 0.25) is 0 Å². The van der Waals surface area contributed by atoms with Gasteiger partial charge in [0.15, 0.2) is 0 Å². The highest BCUT2D eigenvalue weighted by atomic mass is 33.1. The molecular weight excluding hydrogens is 376 g/mol. The van der Waals surface area contributed by atoms with E-state index < -0.39 is 11.9 Å². The number of ether oxygens (including phenoxy) is 2. The molecular formula is C18H14O4S3. The number of hydrogen-bond donors (Lipinski definition) is 0. The standard InChI is InChI=1S/C18H14O4S3/c1-11(19)21-15-5-3-2-4-14(15)18(20)22-13-8-6-12(7-9-13)17-16(23)10-24-25-17/h2-9,17H,10H2,1H3. The minimum absolute atomic E-state index is 0.182. The van der Waals surface area contributed by atoms with Gasteiger partial charge in [0.1, 0.15) is 17.1 Å². The molecule has 1 saturated heterocycles. The summed E-state index contributed by atoms with van der Waals surface area (Å²) in [6, 6.07) is 13.8. The molecule has 0 bridgehead atoms. The summed E-state index contributed by atoms with van der Waals surface area (Å²) in [6.45, 7) is 1.28. The third-order valence-corrected chi connectivity index (χ3v) is 6.78. The molecule has 25 heavy (non-hydrogen) atoms. The van der Waals surface area contributed by atoms with Gasteiger partial charge in [-0.2, -0.15) is 0 Å². The molecule has 0 amide bonds. The van der Waals surface area contributed by atoms with Gasteiger partial charge in [-0.3, -0.25) is 4.79 Å². The Morgan fingerprint density at radius 1 is 1.08 bits per heavy atom. The van der Waals surface area contributed by atoms with Crippen molar-refractivity contribution in [1.29, 1.82) is 0 Å². The van der Waals surface area contributed by atoms with Crippen molar-refractivity contribution < 1.29 is 19.1 Å². The summed E-state index contributed by atoms with van der Waals surface area (Å²) in [4.78, 5) is 24.5. The van der Waals surface area contributed by atoms with Crippen molar-refractivity contribution in [1.82, 2.24) is 0 Å². The SMILES string of the molecule is CC(=O)Oc1ccccc1C(=O)Oc1ccc(C2SSCC2=S)cc1. The fraction of sp³-hybridized carbons (Fsp3) is 0.167. The van der Waals surface area contributed by atoms with E-state index in [2.05, 4.69) is 0 Å². The molecule has 1 aliphatic rings. The van der Waals surface area contributed by atoms with Crippen LogP contribution in [0.3, 0.4) is 0 Å². The van der Waals surface area contributed by atoms with E-state index in [-0.39, 0.29) is 16.6 Å². The lowest BCUT2D eigenvalue weighted by atomic mass is 10.1. The van der Waals surface area contributed by atoms with Crippen LogP contribution in [0.4, 0.5) is 0 Å². The Morgan fingerprint density at radius 3 is 2.44 bits per heavy atom. The average Bonchev–Trinajstić information content (AvgIpc) is 3.01. The number of thiocarbonyl (C=S) groups is 1. The number of hydrogen-bond acceptors (Lipinski definition) is 7. The van der Waals surface area contributed by atoms with Gasteiger partial charge in [-0.1, -0.05) is 58.1 Å². The van der Waals surface area contributed by atoms with Crippen LogP contribution < -0.4 is 9.47 Å². The van der Waals surface area contributed by atoms with Crippen LogP contribution in [-0.2, 0) is 4.79 Å². The fourth-order valence-electron chi connectivity index (χ4n) is 2.28. The Hall–Kier alpha value is -1.83. The van der Waals surface area contributed by atoms with E-state index in [1.165, 1.54) is 6.92 Å². The highest BCUT2D eigenvalue weighted by molar-refractivity contribution is 8.78. The molecule has 4 nitrogen and oxygen atoms in total. The van der Waals surface area contributed by atoms with Gasteiger partial charge in [-0.05, 0) is 29.8 Å². The van der Waals surface area contributed by atoms with Gasteiger partial charge in [0.2, 0.25) is 0 Å². The van der Waals surface area contributed by atoms with E-state index >= 15 is 0 Å². The predicted molar refractivity (Wildman–Crippen MR) is 105 cm³/mol. The first-order valence-electron chi connectivity index (χ1n) is 7.45. The number of carbonyl (C=O) groups is 2. The highest BCUT2D eigenvalue weighted by Gasteiger charge is 2.24. The maximum absolute atomic E-state index is 12.4. The number of esters is 2. The molecule has 0 radical (unpaired) electrons. The molecule has 1 unspecified atom stereocenters. The predicted octanol–water partition coefficient (Wildman–Crippen LogP) is 4.64. The molecule has 0 aromatic heterocycles.